The van der Waals surface area contributed by atoms with Crippen LogP contribution in [0.2, 0.25) is 0 Å². The van der Waals surface area contributed by atoms with E-state index < -0.39 is 0 Å². The minimum atomic E-state index is 0.236. The van der Waals surface area contributed by atoms with Gasteiger partial charge in [-0.1, -0.05) is 5.16 Å². The van der Waals surface area contributed by atoms with Crippen molar-refractivity contribution in [3.8, 4) is 0 Å². The lowest BCUT2D eigenvalue weighted by Gasteiger charge is -1.99. The van der Waals surface area contributed by atoms with Crippen LogP contribution in [0.25, 0.3) is 0 Å². The van der Waals surface area contributed by atoms with Gasteiger partial charge in [-0.15, -0.1) is 0 Å². The van der Waals surface area contributed by atoms with Crippen molar-refractivity contribution < 1.29 is 4.52 Å². The van der Waals surface area contributed by atoms with Crippen molar-refractivity contribution in [1.82, 2.24) is 5.16 Å². The molecular formula is C8H14N2O. The van der Waals surface area contributed by atoms with Crippen LogP contribution in [-0.4, -0.2) is 11.2 Å². The first-order valence-electron chi connectivity index (χ1n) is 3.86. The third-order valence-corrected chi connectivity index (χ3v) is 1.52. The summed E-state index contributed by atoms with van der Waals surface area (Å²) in [5, 5.41) is 3.78. The van der Waals surface area contributed by atoms with E-state index in [2.05, 4.69) is 5.16 Å². The molecule has 0 bridgehead atoms. The predicted molar refractivity (Wildman–Crippen MR) is 43.2 cm³/mol. The Kier molecular flexibility index (Phi) is 2.65. The van der Waals surface area contributed by atoms with Gasteiger partial charge in [0.15, 0.2) is 0 Å². The molecule has 3 nitrogen and oxygen atoms in total. The molecule has 0 fully saturated rings. The molecule has 3 heteroatoms. The highest BCUT2D eigenvalue weighted by Crippen LogP contribution is 2.05. The molecule has 11 heavy (non-hydrogen) atoms. The summed E-state index contributed by atoms with van der Waals surface area (Å²) in [6.07, 6.45) is 1.84. The van der Waals surface area contributed by atoms with Gasteiger partial charge >= 0.3 is 0 Å². The molecule has 0 aromatic carbocycles. The van der Waals surface area contributed by atoms with Gasteiger partial charge < -0.3 is 10.3 Å². The maximum atomic E-state index is 5.58. The zero-order chi connectivity index (χ0) is 8.27. The number of hydrogen-bond acceptors (Lipinski definition) is 3. The first-order valence-corrected chi connectivity index (χ1v) is 3.86. The van der Waals surface area contributed by atoms with Crippen molar-refractivity contribution in [1.29, 1.82) is 0 Å². The Morgan fingerprint density at radius 2 is 2.45 bits per heavy atom. The maximum absolute atomic E-state index is 5.58. The van der Waals surface area contributed by atoms with Gasteiger partial charge in [0.2, 0.25) is 0 Å². The number of aromatic nitrogens is 1. The van der Waals surface area contributed by atoms with Crippen LogP contribution in [0.15, 0.2) is 10.6 Å². The standard InChI is InChI=1S/C8H14N2O/c1-6(9)3-4-8-5-7(2)10-11-8/h5-6H,3-4,9H2,1-2H3/t6-/m1/s1. The van der Waals surface area contributed by atoms with Gasteiger partial charge in [-0.25, -0.2) is 0 Å². The first kappa shape index (κ1) is 8.27. The molecule has 0 unspecified atom stereocenters. The van der Waals surface area contributed by atoms with Crippen molar-refractivity contribution in [3.05, 3.63) is 17.5 Å². The van der Waals surface area contributed by atoms with Crippen LogP contribution in [0.1, 0.15) is 24.8 Å². The zero-order valence-corrected chi connectivity index (χ0v) is 7.00. The van der Waals surface area contributed by atoms with Crippen LogP contribution in [0.5, 0.6) is 0 Å². The van der Waals surface area contributed by atoms with Crippen molar-refractivity contribution >= 4 is 0 Å². The fourth-order valence-corrected chi connectivity index (χ4v) is 0.904. The van der Waals surface area contributed by atoms with Gasteiger partial charge in [0.25, 0.3) is 0 Å². The van der Waals surface area contributed by atoms with Crippen molar-refractivity contribution in [3.63, 3.8) is 0 Å². The monoisotopic (exact) mass is 154 g/mol. The summed E-state index contributed by atoms with van der Waals surface area (Å²) in [6.45, 7) is 3.90. The van der Waals surface area contributed by atoms with E-state index in [0.29, 0.717) is 0 Å². The molecule has 0 saturated heterocycles. The highest BCUT2D eigenvalue weighted by molar-refractivity contribution is 5.03. The van der Waals surface area contributed by atoms with E-state index in [0.717, 1.165) is 24.3 Å². The molecular weight excluding hydrogens is 140 g/mol. The molecule has 2 N–H and O–H groups in total. The minimum absolute atomic E-state index is 0.236. The van der Waals surface area contributed by atoms with Crippen molar-refractivity contribution in [2.24, 2.45) is 5.73 Å². The molecule has 1 aromatic rings. The van der Waals surface area contributed by atoms with Gasteiger partial charge in [0.05, 0.1) is 5.69 Å². The topological polar surface area (TPSA) is 52.0 Å². The van der Waals surface area contributed by atoms with Crippen LogP contribution >= 0.6 is 0 Å². The second kappa shape index (κ2) is 3.53. The van der Waals surface area contributed by atoms with Crippen LogP contribution in [0, 0.1) is 6.92 Å². The molecule has 0 aliphatic heterocycles. The van der Waals surface area contributed by atoms with Gasteiger partial charge in [0.1, 0.15) is 5.76 Å². The smallest absolute Gasteiger partial charge is 0.137 e. The highest BCUT2D eigenvalue weighted by atomic mass is 16.5. The lowest BCUT2D eigenvalue weighted by molar-refractivity contribution is 0.374. The normalized spacial score (nSPS) is 13.4. The van der Waals surface area contributed by atoms with Gasteiger partial charge in [-0.2, -0.15) is 0 Å². The molecule has 0 radical (unpaired) electrons. The van der Waals surface area contributed by atoms with E-state index in [1.54, 1.807) is 0 Å². The fourth-order valence-electron chi connectivity index (χ4n) is 0.904. The number of nitrogens with two attached hydrogens (primary N) is 1. The Hall–Kier alpha value is -0.830. The first-order chi connectivity index (χ1) is 5.18. The molecule has 0 aliphatic carbocycles. The quantitative estimate of drug-likeness (QED) is 0.713. The van der Waals surface area contributed by atoms with Crippen LogP contribution in [-0.2, 0) is 6.42 Å². The molecule has 1 atom stereocenters. The molecule has 0 spiro atoms. The fraction of sp³-hybridized carbons (Fsp3) is 0.625. The minimum Gasteiger partial charge on any atom is -0.361 e. The average Bonchev–Trinajstić information content (AvgIpc) is 2.31. The van der Waals surface area contributed by atoms with E-state index in [9.17, 15) is 0 Å². The third kappa shape index (κ3) is 2.72. The summed E-state index contributed by atoms with van der Waals surface area (Å²) in [7, 11) is 0. The van der Waals surface area contributed by atoms with E-state index in [1.807, 2.05) is 19.9 Å². The Labute approximate surface area is 66.6 Å². The van der Waals surface area contributed by atoms with Crippen molar-refractivity contribution in [2.75, 3.05) is 0 Å². The number of hydrogen-bond donors (Lipinski definition) is 1. The Morgan fingerprint density at radius 1 is 1.73 bits per heavy atom. The Morgan fingerprint density at radius 3 is 2.91 bits per heavy atom. The summed E-state index contributed by atoms with van der Waals surface area (Å²) in [6, 6.07) is 2.18. The maximum Gasteiger partial charge on any atom is 0.137 e. The Balaban J connectivity index is 2.39. The summed E-state index contributed by atoms with van der Waals surface area (Å²) in [5.74, 6) is 0.930. The molecule has 0 saturated carbocycles. The lowest BCUT2D eigenvalue weighted by atomic mass is 10.1. The second-order valence-electron chi connectivity index (χ2n) is 2.95. The van der Waals surface area contributed by atoms with E-state index in [1.165, 1.54) is 0 Å². The summed E-state index contributed by atoms with van der Waals surface area (Å²) in [5.41, 5.74) is 6.52. The van der Waals surface area contributed by atoms with Crippen LogP contribution in [0.4, 0.5) is 0 Å². The summed E-state index contributed by atoms with van der Waals surface area (Å²) in [4.78, 5) is 0. The third-order valence-electron chi connectivity index (χ3n) is 1.52. The van der Waals surface area contributed by atoms with E-state index in [-0.39, 0.29) is 6.04 Å². The average molecular weight is 154 g/mol. The largest absolute Gasteiger partial charge is 0.361 e. The van der Waals surface area contributed by atoms with Gasteiger partial charge in [-0.05, 0) is 20.3 Å². The second-order valence-corrected chi connectivity index (χ2v) is 2.95. The number of aryl methyl sites for hydroxylation is 2. The van der Waals surface area contributed by atoms with Crippen LogP contribution < -0.4 is 5.73 Å². The van der Waals surface area contributed by atoms with Gasteiger partial charge in [-0.3, -0.25) is 0 Å². The predicted octanol–water partition coefficient (Wildman–Crippen LogP) is 1.26. The summed E-state index contributed by atoms with van der Waals surface area (Å²) < 4.78 is 5.01. The van der Waals surface area contributed by atoms with Crippen molar-refractivity contribution in [2.45, 2.75) is 32.7 Å². The van der Waals surface area contributed by atoms with E-state index in [4.69, 9.17) is 10.3 Å². The molecule has 1 heterocycles. The van der Waals surface area contributed by atoms with E-state index >= 15 is 0 Å². The Bertz CT molecular complexity index is 218. The zero-order valence-electron chi connectivity index (χ0n) is 7.00. The summed E-state index contributed by atoms with van der Waals surface area (Å²) >= 11 is 0. The molecule has 1 aromatic heterocycles. The van der Waals surface area contributed by atoms with Gasteiger partial charge in [0, 0.05) is 18.5 Å². The molecule has 0 amide bonds. The SMILES string of the molecule is Cc1cc(CC[C@@H](C)N)on1. The molecule has 1 rings (SSSR count). The molecule has 0 aliphatic rings. The number of rotatable bonds is 3. The molecule has 62 valence electrons. The highest BCUT2D eigenvalue weighted by Gasteiger charge is 2.01. The number of nitrogens with zero attached hydrogens (tertiary/aromatic N) is 1. The van der Waals surface area contributed by atoms with Crippen LogP contribution in [0.3, 0.4) is 0 Å². The lowest BCUT2D eigenvalue weighted by Crippen LogP contribution is -2.15.